The van der Waals surface area contributed by atoms with Crippen LogP contribution in [0.5, 0.6) is 0 Å². The molecule has 17 heavy (non-hydrogen) atoms. The van der Waals surface area contributed by atoms with E-state index in [0.717, 1.165) is 17.8 Å². The summed E-state index contributed by atoms with van der Waals surface area (Å²) in [4.78, 5) is 4.32. The number of aromatic nitrogens is 1. The van der Waals surface area contributed by atoms with E-state index in [4.69, 9.17) is 5.73 Å². The Balaban J connectivity index is 2.86. The predicted molar refractivity (Wildman–Crippen MR) is 73.7 cm³/mol. The van der Waals surface area contributed by atoms with Gasteiger partial charge in [-0.3, -0.25) is 0 Å². The number of rotatable bonds is 5. The Morgan fingerprint density at radius 2 is 2.18 bits per heavy atom. The summed E-state index contributed by atoms with van der Waals surface area (Å²) in [5.74, 6) is 1.34. The molecule has 0 spiro atoms. The van der Waals surface area contributed by atoms with Gasteiger partial charge in [0.2, 0.25) is 0 Å². The lowest BCUT2D eigenvalue weighted by molar-refractivity contribution is 0.765. The molecule has 3 nitrogen and oxygen atoms in total. The maximum atomic E-state index is 5.86. The van der Waals surface area contributed by atoms with Gasteiger partial charge in [-0.25, -0.2) is 4.98 Å². The maximum Gasteiger partial charge on any atom is 0.130 e. The summed E-state index contributed by atoms with van der Waals surface area (Å²) >= 11 is 0. The summed E-state index contributed by atoms with van der Waals surface area (Å²) in [5, 5.41) is 3.37. The number of allylic oxidation sites excluding steroid dienone is 2. The van der Waals surface area contributed by atoms with Gasteiger partial charge in [0.15, 0.2) is 0 Å². The predicted octanol–water partition coefficient (Wildman–Crippen LogP) is 3.46. The first-order valence-electron chi connectivity index (χ1n) is 6.23. The number of pyridine rings is 1. The monoisotopic (exact) mass is 233 g/mol. The van der Waals surface area contributed by atoms with Crippen molar-refractivity contribution in [2.45, 2.75) is 40.2 Å². The summed E-state index contributed by atoms with van der Waals surface area (Å²) in [6, 6.07) is 4.00. The van der Waals surface area contributed by atoms with Crippen LogP contribution < -0.4 is 11.1 Å². The molecule has 0 aliphatic heterocycles. The normalized spacial score (nSPS) is 13.9. The van der Waals surface area contributed by atoms with E-state index in [1.165, 1.54) is 5.70 Å². The third kappa shape index (κ3) is 4.19. The first-order valence-corrected chi connectivity index (χ1v) is 6.23. The average Bonchev–Trinajstić information content (AvgIpc) is 2.28. The molecule has 1 aromatic heterocycles. The van der Waals surface area contributed by atoms with Crippen LogP contribution >= 0.6 is 0 Å². The van der Waals surface area contributed by atoms with E-state index in [1.807, 2.05) is 19.1 Å². The molecule has 1 atom stereocenters. The molecule has 0 aliphatic rings. The van der Waals surface area contributed by atoms with Gasteiger partial charge in [-0.15, -0.1) is 0 Å². The first kappa shape index (κ1) is 13.7. The number of nitrogens with one attached hydrogen (secondary N) is 1. The molecular weight excluding hydrogens is 210 g/mol. The van der Waals surface area contributed by atoms with Gasteiger partial charge in [0.05, 0.1) is 0 Å². The smallest absolute Gasteiger partial charge is 0.130 e. The second-order valence-corrected chi connectivity index (χ2v) is 4.61. The molecular formula is C14H23N3. The summed E-state index contributed by atoms with van der Waals surface area (Å²) in [6.07, 6.45) is 5.02. The molecule has 1 heterocycles. The van der Waals surface area contributed by atoms with Crippen molar-refractivity contribution < 1.29 is 0 Å². The highest BCUT2D eigenvalue weighted by molar-refractivity contribution is 5.44. The fraction of sp³-hybridized carbons (Fsp3) is 0.500. The summed E-state index contributed by atoms with van der Waals surface area (Å²) in [6.45, 7) is 8.45. The Kier molecular flexibility index (Phi) is 5.16. The van der Waals surface area contributed by atoms with Gasteiger partial charge in [-0.05, 0) is 37.0 Å². The molecule has 3 heteroatoms. The fourth-order valence-corrected chi connectivity index (χ4v) is 1.60. The van der Waals surface area contributed by atoms with Crippen molar-refractivity contribution in [1.82, 2.24) is 4.98 Å². The highest BCUT2D eigenvalue weighted by atomic mass is 15.0. The number of hydrogen-bond donors (Lipinski definition) is 2. The highest BCUT2D eigenvalue weighted by Crippen LogP contribution is 2.17. The van der Waals surface area contributed by atoms with Gasteiger partial charge in [-0.2, -0.15) is 0 Å². The SMILES string of the molecule is CC/C=C(/Nc1cc(C(C)N)ccn1)C(C)C. The molecule has 0 saturated carbocycles. The summed E-state index contributed by atoms with van der Waals surface area (Å²) in [7, 11) is 0. The zero-order valence-electron chi connectivity index (χ0n) is 11.2. The van der Waals surface area contributed by atoms with Gasteiger partial charge in [0.1, 0.15) is 5.82 Å². The Labute approximate surface area is 104 Å². The van der Waals surface area contributed by atoms with Crippen molar-refractivity contribution >= 4 is 5.82 Å². The largest absolute Gasteiger partial charge is 0.344 e. The molecule has 3 N–H and O–H groups in total. The van der Waals surface area contributed by atoms with Crippen LogP contribution in [0.1, 0.15) is 45.7 Å². The molecule has 0 aliphatic carbocycles. The standard InChI is InChI=1S/C14H23N3/c1-5-6-13(10(2)3)17-14-9-12(11(4)15)7-8-16-14/h6-11H,5,15H2,1-4H3,(H,16,17)/b13-6+. The Morgan fingerprint density at radius 1 is 1.47 bits per heavy atom. The van der Waals surface area contributed by atoms with Gasteiger partial charge in [0.25, 0.3) is 0 Å². The molecule has 0 bridgehead atoms. The maximum absolute atomic E-state index is 5.86. The van der Waals surface area contributed by atoms with Gasteiger partial charge < -0.3 is 11.1 Å². The molecule has 94 valence electrons. The van der Waals surface area contributed by atoms with E-state index >= 15 is 0 Å². The summed E-state index contributed by atoms with van der Waals surface area (Å²) in [5.41, 5.74) is 8.17. The van der Waals surface area contributed by atoms with Crippen LogP contribution in [0.4, 0.5) is 5.82 Å². The van der Waals surface area contributed by atoms with E-state index < -0.39 is 0 Å². The first-order chi connectivity index (χ1) is 8.04. The fourth-order valence-electron chi connectivity index (χ4n) is 1.60. The van der Waals surface area contributed by atoms with Crippen molar-refractivity contribution in [3.8, 4) is 0 Å². The molecule has 0 fully saturated rings. The van der Waals surface area contributed by atoms with Crippen LogP contribution in [0.2, 0.25) is 0 Å². The Hall–Kier alpha value is -1.35. The lowest BCUT2D eigenvalue weighted by Crippen LogP contribution is -2.09. The van der Waals surface area contributed by atoms with Crippen molar-refractivity contribution in [2.75, 3.05) is 5.32 Å². The lowest BCUT2D eigenvalue weighted by Gasteiger charge is -2.15. The quantitative estimate of drug-likeness (QED) is 0.818. The molecule has 0 amide bonds. The van der Waals surface area contributed by atoms with Gasteiger partial charge >= 0.3 is 0 Å². The molecule has 1 unspecified atom stereocenters. The summed E-state index contributed by atoms with van der Waals surface area (Å²) < 4.78 is 0. The third-order valence-electron chi connectivity index (χ3n) is 2.63. The van der Waals surface area contributed by atoms with E-state index in [0.29, 0.717) is 5.92 Å². The van der Waals surface area contributed by atoms with E-state index in [1.54, 1.807) is 6.20 Å². The lowest BCUT2D eigenvalue weighted by atomic mass is 10.1. The van der Waals surface area contributed by atoms with Crippen LogP contribution in [0.25, 0.3) is 0 Å². The van der Waals surface area contributed by atoms with Crippen LogP contribution in [-0.2, 0) is 0 Å². The van der Waals surface area contributed by atoms with Gasteiger partial charge in [0, 0.05) is 17.9 Å². The van der Waals surface area contributed by atoms with Crippen LogP contribution in [0, 0.1) is 5.92 Å². The molecule has 1 rings (SSSR count). The number of nitrogens with zero attached hydrogens (tertiary/aromatic N) is 1. The molecule has 1 aromatic rings. The van der Waals surface area contributed by atoms with Crippen LogP contribution in [-0.4, -0.2) is 4.98 Å². The van der Waals surface area contributed by atoms with Crippen molar-refractivity contribution in [2.24, 2.45) is 11.7 Å². The Bertz CT molecular complexity index is 381. The molecule has 0 aromatic carbocycles. The second-order valence-electron chi connectivity index (χ2n) is 4.61. The number of anilines is 1. The molecule has 0 radical (unpaired) electrons. The third-order valence-corrected chi connectivity index (χ3v) is 2.63. The molecule has 0 saturated heterocycles. The minimum atomic E-state index is 0.0382. The van der Waals surface area contributed by atoms with Crippen molar-refractivity contribution in [3.05, 3.63) is 35.7 Å². The average molecular weight is 233 g/mol. The second kappa shape index (κ2) is 6.40. The zero-order valence-corrected chi connectivity index (χ0v) is 11.2. The Morgan fingerprint density at radius 3 is 2.71 bits per heavy atom. The highest BCUT2D eigenvalue weighted by Gasteiger charge is 2.05. The van der Waals surface area contributed by atoms with Crippen molar-refractivity contribution in [1.29, 1.82) is 0 Å². The number of nitrogens with two attached hydrogens (primary N) is 1. The van der Waals surface area contributed by atoms with Crippen LogP contribution in [0.15, 0.2) is 30.1 Å². The van der Waals surface area contributed by atoms with Crippen molar-refractivity contribution in [3.63, 3.8) is 0 Å². The zero-order chi connectivity index (χ0) is 12.8. The topological polar surface area (TPSA) is 50.9 Å². The van der Waals surface area contributed by atoms with Crippen LogP contribution in [0.3, 0.4) is 0 Å². The van der Waals surface area contributed by atoms with E-state index in [-0.39, 0.29) is 6.04 Å². The van der Waals surface area contributed by atoms with E-state index in [2.05, 4.69) is 37.1 Å². The minimum Gasteiger partial charge on any atom is -0.344 e. The minimum absolute atomic E-state index is 0.0382. The number of hydrogen-bond acceptors (Lipinski definition) is 3. The van der Waals surface area contributed by atoms with E-state index in [9.17, 15) is 0 Å². The van der Waals surface area contributed by atoms with Gasteiger partial charge in [-0.1, -0.05) is 26.8 Å².